The molecule has 2 saturated heterocycles. The van der Waals surface area contributed by atoms with E-state index in [9.17, 15) is 9.18 Å². The zero-order valence-electron chi connectivity index (χ0n) is 15.5. The highest BCUT2D eigenvalue weighted by molar-refractivity contribution is 5.85. The topological polar surface area (TPSA) is 59.4 Å². The van der Waals surface area contributed by atoms with Crippen molar-refractivity contribution in [3.05, 3.63) is 54.1 Å². The summed E-state index contributed by atoms with van der Waals surface area (Å²) in [5, 5.41) is 7.74. The van der Waals surface area contributed by atoms with Crippen molar-refractivity contribution in [2.75, 3.05) is 26.2 Å². The molecule has 2 aromatic rings. The molecule has 2 fully saturated rings. The van der Waals surface area contributed by atoms with Crippen LogP contribution in [-0.4, -0.2) is 52.9 Å². The third kappa shape index (κ3) is 3.49. The lowest BCUT2D eigenvalue weighted by atomic mass is 9.86. The van der Waals surface area contributed by atoms with Crippen LogP contribution in [0.3, 0.4) is 0 Å². The molecule has 7 heteroatoms. The molecule has 2 unspecified atom stereocenters. The summed E-state index contributed by atoms with van der Waals surface area (Å²) in [5.41, 5.74) is 0.235. The van der Waals surface area contributed by atoms with Crippen LogP contribution >= 0.6 is 0 Å². The molecule has 1 amide bonds. The number of carbonyl (C=O) groups is 1. The molecule has 0 bridgehead atoms. The fraction of sp³-hybridized carbons (Fsp3) is 0.500. The Labute approximate surface area is 158 Å². The number of amides is 1. The average molecular weight is 372 g/mol. The van der Waals surface area contributed by atoms with E-state index in [0.717, 1.165) is 18.7 Å². The maximum atomic E-state index is 13.7. The standard InChI is InChI=1S/C20H25FN4O2/c1-15-13-24(14-18(27-15)16-3-5-17(21)6-4-16)19(26)20(7-10-22-11-8-20)25-12-2-9-23-25/h2-6,9,12,15,18,22H,7-8,10-11,13-14H2,1H3. The number of hydrogen-bond acceptors (Lipinski definition) is 4. The smallest absolute Gasteiger partial charge is 0.250 e. The third-order valence-electron chi connectivity index (χ3n) is 5.56. The van der Waals surface area contributed by atoms with Crippen molar-refractivity contribution in [3.63, 3.8) is 0 Å². The van der Waals surface area contributed by atoms with E-state index in [4.69, 9.17) is 4.74 Å². The zero-order valence-corrected chi connectivity index (χ0v) is 15.5. The van der Waals surface area contributed by atoms with Gasteiger partial charge in [0.05, 0.1) is 12.6 Å². The van der Waals surface area contributed by atoms with Crippen molar-refractivity contribution >= 4 is 5.91 Å². The number of morpholine rings is 1. The number of carbonyl (C=O) groups excluding carboxylic acids is 1. The molecule has 4 rings (SSSR count). The average Bonchev–Trinajstić information content (AvgIpc) is 3.23. The highest BCUT2D eigenvalue weighted by Gasteiger charge is 2.46. The number of hydrogen-bond donors (Lipinski definition) is 1. The van der Waals surface area contributed by atoms with Crippen molar-refractivity contribution in [2.24, 2.45) is 0 Å². The van der Waals surface area contributed by atoms with Crippen LogP contribution in [0.4, 0.5) is 4.39 Å². The van der Waals surface area contributed by atoms with Gasteiger partial charge >= 0.3 is 0 Å². The van der Waals surface area contributed by atoms with E-state index >= 15 is 0 Å². The highest BCUT2D eigenvalue weighted by Crippen LogP contribution is 2.33. The highest BCUT2D eigenvalue weighted by atomic mass is 19.1. The van der Waals surface area contributed by atoms with Gasteiger partial charge in [-0.15, -0.1) is 0 Å². The summed E-state index contributed by atoms with van der Waals surface area (Å²) >= 11 is 0. The maximum Gasteiger partial charge on any atom is 0.250 e. The Hall–Kier alpha value is -2.25. The van der Waals surface area contributed by atoms with Gasteiger partial charge in [-0.25, -0.2) is 4.39 Å². The Kier molecular flexibility index (Phi) is 4.97. The quantitative estimate of drug-likeness (QED) is 0.896. The Morgan fingerprint density at radius 3 is 2.67 bits per heavy atom. The van der Waals surface area contributed by atoms with E-state index < -0.39 is 5.54 Å². The normalized spacial score (nSPS) is 25.3. The molecule has 0 saturated carbocycles. The Morgan fingerprint density at radius 1 is 1.26 bits per heavy atom. The first kappa shape index (κ1) is 18.1. The minimum atomic E-state index is -0.654. The van der Waals surface area contributed by atoms with Crippen molar-refractivity contribution in [1.29, 1.82) is 0 Å². The van der Waals surface area contributed by atoms with E-state index in [0.29, 0.717) is 25.9 Å². The molecule has 2 atom stereocenters. The summed E-state index contributed by atoms with van der Waals surface area (Å²) in [6, 6.07) is 8.19. The van der Waals surface area contributed by atoms with Gasteiger partial charge in [0.1, 0.15) is 17.5 Å². The number of aromatic nitrogens is 2. The molecule has 27 heavy (non-hydrogen) atoms. The monoisotopic (exact) mass is 372 g/mol. The van der Waals surface area contributed by atoms with Crippen LogP contribution in [0.5, 0.6) is 0 Å². The first-order valence-corrected chi connectivity index (χ1v) is 9.50. The van der Waals surface area contributed by atoms with Gasteiger partial charge in [-0.1, -0.05) is 12.1 Å². The molecule has 3 heterocycles. The molecule has 2 aliphatic rings. The van der Waals surface area contributed by atoms with Gasteiger partial charge in [0.15, 0.2) is 0 Å². The molecular weight excluding hydrogens is 347 g/mol. The lowest BCUT2D eigenvalue weighted by molar-refractivity contribution is -0.156. The molecule has 2 aliphatic heterocycles. The molecule has 1 aromatic carbocycles. The van der Waals surface area contributed by atoms with Crippen molar-refractivity contribution < 1.29 is 13.9 Å². The fourth-order valence-electron chi connectivity index (χ4n) is 4.18. The number of nitrogens with zero attached hydrogens (tertiary/aromatic N) is 3. The summed E-state index contributed by atoms with van der Waals surface area (Å²) in [6.07, 6.45) is 4.68. The van der Waals surface area contributed by atoms with Crippen LogP contribution in [0.2, 0.25) is 0 Å². The Morgan fingerprint density at radius 2 is 2.00 bits per heavy atom. The van der Waals surface area contributed by atoms with Crippen LogP contribution < -0.4 is 5.32 Å². The largest absolute Gasteiger partial charge is 0.367 e. The predicted molar refractivity (Wildman–Crippen MR) is 98.6 cm³/mol. The van der Waals surface area contributed by atoms with E-state index in [2.05, 4.69) is 10.4 Å². The van der Waals surface area contributed by atoms with Gasteiger partial charge in [-0.2, -0.15) is 5.10 Å². The van der Waals surface area contributed by atoms with Gasteiger partial charge in [0.2, 0.25) is 0 Å². The summed E-state index contributed by atoms with van der Waals surface area (Å²) < 4.78 is 21.1. The number of halogens is 1. The van der Waals surface area contributed by atoms with Gasteiger partial charge < -0.3 is 15.0 Å². The zero-order chi connectivity index (χ0) is 18.9. The van der Waals surface area contributed by atoms with E-state index in [1.165, 1.54) is 12.1 Å². The van der Waals surface area contributed by atoms with Gasteiger partial charge in [0, 0.05) is 18.9 Å². The first-order valence-electron chi connectivity index (χ1n) is 9.50. The van der Waals surface area contributed by atoms with Crippen molar-refractivity contribution in [3.8, 4) is 0 Å². The number of nitrogens with one attached hydrogen (secondary N) is 1. The molecule has 0 radical (unpaired) electrons. The molecule has 0 aliphatic carbocycles. The SMILES string of the molecule is CC1CN(C(=O)C2(n3cccn3)CCNCC2)CC(c2ccc(F)cc2)O1. The summed E-state index contributed by atoms with van der Waals surface area (Å²) in [7, 11) is 0. The van der Waals surface area contributed by atoms with E-state index in [-0.39, 0.29) is 23.9 Å². The third-order valence-corrected chi connectivity index (χ3v) is 5.56. The second-order valence-corrected chi connectivity index (χ2v) is 7.43. The van der Waals surface area contributed by atoms with Crippen molar-refractivity contribution in [2.45, 2.75) is 37.5 Å². The molecule has 0 spiro atoms. The lowest BCUT2D eigenvalue weighted by Crippen LogP contribution is -2.58. The van der Waals surface area contributed by atoms with Gasteiger partial charge in [-0.3, -0.25) is 9.48 Å². The number of piperidine rings is 1. The summed E-state index contributed by atoms with van der Waals surface area (Å²) in [5.74, 6) is -0.183. The Bertz CT molecular complexity index is 772. The summed E-state index contributed by atoms with van der Waals surface area (Å²) in [6.45, 7) is 4.55. The molecule has 6 nitrogen and oxygen atoms in total. The van der Waals surface area contributed by atoms with E-state index in [1.807, 2.05) is 28.8 Å². The Balaban J connectivity index is 1.60. The van der Waals surface area contributed by atoms with Gasteiger partial charge in [-0.05, 0) is 56.6 Å². The van der Waals surface area contributed by atoms with Crippen LogP contribution in [0.25, 0.3) is 0 Å². The van der Waals surface area contributed by atoms with Gasteiger partial charge in [0.25, 0.3) is 5.91 Å². The minimum Gasteiger partial charge on any atom is -0.367 e. The van der Waals surface area contributed by atoms with Crippen LogP contribution in [0.1, 0.15) is 31.4 Å². The van der Waals surface area contributed by atoms with Crippen molar-refractivity contribution in [1.82, 2.24) is 20.0 Å². The van der Waals surface area contributed by atoms with Crippen LogP contribution in [-0.2, 0) is 15.1 Å². The number of ether oxygens (including phenoxy) is 1. The molecule has 144 valence electrons. The second-order valence-electron chi connectivity index (χ2n) is 7.43. The molecule has 1 aromatic heterocycles. The molecular formula is C20H25FN4O2. The fourth-order valence-corrected chi connectivity index (χ4v) is 4.18. The lowest BCUT2D eigenvalue weighted by Gasteiger charge is -2.44. The first-order chi connectivity index (χ1) is 13.1. The number of rotatable bonds is 3. The molecule has 1 N–H and O–H groups in total. The predicted octanol–water partition coefficient (Wildman–Crippen LogP) is 2.09. The maximum absolute atomic E-state index is 13.7. The second kappa shape index (κ2) is 7.40. The summed E-state index contributed by atoms with van der Waals surface area (Å²) in [4.78, 5) is 15.6. The number of benzene rings is 1. The minimum absolute atomic E-state index is 0.0888. The van der Waals surface area contributed by atoms with Crippen LogP contribution in [0, 0.1) is 5.82 Å². The van der Waals surface area contributed by atoms with Crippen LogP contribution in [0.15, 0.2) is 42.7 Å². The van der Waals surface area contributed by atoms with E-state index in [1.54, 1.807) is 18.3 Å².